The van der Waals surface area contributed by atoms with Crippen molar-refractivity contribution >= 4 is 11.8 Å². The first-order chi connectivity index (χ1) is 22.1. The monoisotopic (exact) mass is 630 g/mol. The van der Waals surface area contributed by atoms with E-state index >= 15 is 4.79 Å². The number of carbonyl (C=O) groups is 2. The van der Waals surface area contributed by atoms with Gasteiger partial charge < -0.3 is 39.4 Å². The zero-order chi connectivity index (χ0) is 32.8. The molecule has 10 heteroatoms. The molecule has 2 aliphatic heterocycles. The first kappa shape index (κ1) is 31.7. The highest BCUT2D eigenvalue weighted by atomic mass is 16.5. The highest BCUT2D eigenvalue weighted by Crippen LogP contribution is 2.68. The van der Waals surface area contributed by atoms with Crippen LogP contribution in [-0.4, -0.2) is 67.1 Å². The molecule has 1 saturated carbocycles. The maximum absolute atomic E-state index is 15.2. The Morgan fingerprint density at radius 2 is 1.72 bits per heavy atom. The molecular formula is C36H42N2O8. The number of fused-ring (bicyclic) bond motifs is 4. The number of nitrogens with zero attached hydrogens (tertiary/aromatic N) is 1. The molecule has 3 aromatic carbocycles. The Kier molecular flexibility index (Phi) is 8.37. The van der Waals surface area contributed by atoms with Crippen LogP contribution in [0.1, 0.15) is 55.7 Å². The molecule has 244 valence electrons. The molecule has 0 unspecified atom stereocenters. The topological polar surface area (TPSA) is 127 Å². The van der Waals surface area contributed by atoms with Crippen LogP contribution in [0.2, 0.25) is 0 Å². The van der Waals surface area contributed by atoms with Crippen molar-refractivity contribution in [3.8, 4) is 23.0 Å². The van der Waals surface area contributed by atoms with E-state index in [-0.39, 0.29) is 34.8 Å². The number of carbonyl (C=O) groups excluding carboxylic acids is 2. The molecule has 1 aliphatic carbocycles. The summed E-state index contributed by atoms with van der Waals surface area (Å²) >= 11 is 0. The van der Waals surface area contributed by atoms with E-state index in [1.165, 1.54) is 14.2 Å². The fourth-order valence-corrected chi connectivity index (χ4v) is 7.61. The van der Waals surface area contributed by atoms with Gasteiger partial charge in [0.25, 0.3) is 0 Å². The molecule has 3 aliphatic rings. The molecule has 7 atom stereocenters. The lowest BCUT2D eigenvalue weighted by atomic mass is 9.74. The number of aliphatic hydroxyl groups is 2. The third-order valence-corrected chi connectivity index (χ3v) is 10.1. The van der Waals surface area contributed by atoms with Crippen LogP contribution in [0.3, 0.4) is 0 Å². The van der Waals surface area contributed by atoms with Gasteiger partial charge >= 0.3 is 0 Å². The summed E-state index contributed by atoms with van der Waals surface area (Å²) in [4.78, 5) is 29.9. The van der Waals surface area contributed by atoms with E-state index < -0.39 is 35.3 Å². The molecular weight excluding hydrogens is 588 g/mol. The standard InChI is InChI=1S/C36H42N2O8/c1-6-21(2)32(39)37-28-13-10-18-38(28)33(40)31-29(22-11-8-7-9-12-22)35(42)30-26(45-5)19-25(44-4)20-27(30)46-36(31,34(35)41)23-14-16-24(43-3)17-15-23/h7-9,11-12,14-17,19-21,28-29,31,34,41-42H,6,10,13,18H2,1-5H3,(H,37,39)/t21-,28-,29-,31+,34-,35-,36+/m1/s1. The number of rotatable bonds is 9. The second kappa shape index (κ2) is 12.1. The minimum absolute atomic E-state index is 0.124. The smallest absolute Gasteiger partial charge is 0.232 e. The first-order valence-corrected chi connectivity index (χ1v) is 15.8. The van der Waals surface area contributed by atoms with E-state index in [0.717, 1.165) is 0 Å². The van der Waals surface area contributed by atoms with Gasteiger partial charge in [-0.3, -0.25) is 9.59 Å². The lowest BCUT2D eigenvalue weighted by Gasteiger charge is -2.45. The summed E-state index contributed by atoms with van der Waals surface area (Å²) in [6, 6.07) is 19.5. The van der Waals surface area contributed by atoms with Gasteiger partial charge in [-0.25, -0.2) is 0 Å². The van der Waals surface area contributed by atoms with Crippen molar-refractivity contribution in [3.63, 3.8) is 0 Å². The Hall–Kier alpha value is -4.28. The molecule has 3 aromatic rings. The largest absolute Gasteiger partial charge is 0.497 e. The summed E-state index contributed by atoms with van der Waals surface area (Å²) in [5, 5.41) is 28.8. The third-order valence-electron chi connectivity index (χ3n) is 10.1. The minimum atomic E-state index is -2.04. The molecule has 0 aromatic heterocycles. The van der Waals surface area contributed by atoms with Gasteiger partial charge in [-0.2, -0.15) is 0 Å². The summed E-state index contributed by atoms with van der Waals surface area (Å²) in [6.45, 7) is 4.21. The Bertz CT molecular complexity index is 1600. The van der Waals surface area contributed by atoms with E-state index in [1.807, 2.05) is 44.2 Å². The predicted octanol–water partition coefficient (Wildman–Crippen LogP) is 4.07. The Morgan fingerprint density at radius 3 is 2.35 bits per heavy atom. The van der Waals surface area contributed by atoms with Crippen molar-refractivity contribution in [2.75, 3.05) is 27.9 Å². The van der Waals surface area contributed by atoms with Crippen LogP contribution in [0.15, 0.2) is 66.7 Å². The van der Waals surface area contributed by atoms with Crippen LogP contribution in [-0.2, 0) is 20.8 Å². The summed E-state index contributed by atoms with van der Waals surface area (Å²) in [6.07, 6.45) is -0.206. The van der Waals surface area contributed by atoms with Gasteiger partial charge in [0.1, 0.15) is 40.9 Å². The fraction of sp³-hybridized carbons (Fsp3) is 0.444. The Labute approximate surface area is 269 Å². The van der Waals surface area contributed by atoms with E-state index in [4.69, 9.17) is 18.9 Å². The van der Waals surface area contributed by atoms with Gasteiger partial charge in [0.05, 0.1) is 32.8 Å². The first-order valence-electron chi connectivity index (χ1n) is 15.8. The zero-order valence-corrected chi connectivity index (χ0v) is 26.9. The average molecular weight is 631 g/mol. The SMILES string of the molecule is CC[C@@H](C)C(=O)N[C@H]1CCCN1C(=O)[C@@H]1[C@@H](c2ccccc2)[C@@]2(O)c3c(OC)cc(OC)cc3O[C@]1(c1ccc(OC)cc1)[C@@H]2O. The molecule has 0 radical (unpaired) electrons. The maximum atomic E-state index is 15.2. The normalized spacial score (nSPS) is 28.5. The van der Waals surface area contributed by atoms with Crippen LogP contribution in [0.4, 0.5) is 0 Å². The van der Waals surface area contributed by atoms with Gasteiger partial charge in [-0.15, -0.1) is 0 Å². The van der Waals surface area contributed by atoms with Gasteiger partial charge in [0.15, 0.2) is 5.60 Å². The number of amides is 2. The quantitative estimate of drug-likeness (QED) is 0.323. The van der Waals surface area contributed by atoms with Crippen molar-refractivity contribution in [2.45, 2.75) is 62.5 Å². The summed E-state index contributed by atoms with van der Waals surface area (Å²) in [5.41, 5.74) is -2.42. The van der Waals surface area contributed by atoms with Crippen molar-refractivity contribution in [1.29, 1.82) is 0 Å². The number of hydrogen-bond donors (Lipinski definition) is 3. The molecule has 2 amide bonds. The van der Waals surface area contributed by atoms with E-state index in [0.29, 0.717) is 48.4 Å². The summed E-state index contributed by atoms with van der Waals surface area (Å²) in [5.74, 6) is -1.29. The van der Waals surface area contributed by atoms with E-state index in [9.17, 15) is 15.0 Å². The molecule has 6 rings (SSSR count). The van der Waals surface area contributed by atoms with Crippen LogP contribution in [0.5, 0.6) is 23.0 Å². The molecule has 0 spiro atoms. The molecule has 3 N–H and O–H groups in total. The zero-order valence-electron chi connectivity index (χ0n) is 26.9. The molecule has 2 fully saturated rings. The lowest BCUT2D eigenvalue weighted by Crippen LogP contribution is -2.58. The van der Waals surface area contributed by atoms with Gasteiger partial charge in [-0.05, 0) is 42.5 Å². The van der Waals surface area contributed by atoms with Crippen molar-refractivity contribution in [1.82, 2.24) is 10.2 Å². The highest BCUT2D eigenvalue weighted by molar-refractivity contribution is 5.86. The molecule has 2 bridgehead atoms. The van der Waals surface area contributed by atoms with Gasteiger partial charge in [-0.1, -0.05) is 56.3 Å². The van der Waals surface area contributed by atoms with E-state index in [1.54, 1.807) is 48.4 Å². The Balaban J connectivity index is 1.60. The third kappa shape index (κ3) is 4.69. The molecule has 1 saturated heterocycles. The lowest BCUT2D eigenvalue weighted by molar-refractivity contribution is -0.163. The number of methoxy groups -OCH3 is 3. The second-order valence-corrected chi connectivity index (χ2v) is 12.4. The van der Waals surface area contributed by atoms with Crippen molar-refractivity contribution < 1.29 is 38.7 Å². The number of likely N-dealkylation sites (tertiary alicyclic amines) is 1. The minimum Gasteiger partial charge on any atom is -0.497 e. The molecule has 46 heavy (non-hydrogen) atoms. The van der Waals surface area contributed by atoms with Crippen LogP contribution >= 0.6 is 0 Å². The second-order valence-electron chi connectivity index (χ2n) is 12.4. The van der Waals surface area contributed by atoms with E-state index in [2.05, 4.69) is 5.32 Å². The number of benzene rings is 3. The summed E-state index contributed by atoms with van der Waals surface area (Å²) in [7, 11) is 4.54. The van der Waals surface area contributed by atoms with Crippen LogP contribution < -0.4 is 24.3 Å². The van der Waals surface area contributed by atoms with Crippen LogP contribution in [0.25, 0.3) is 0 Å². The number of hydrogen-bond acceptors (Lipinski definition) is 8. The van der Waals surface area contributed by atoms with Crippen LogP contribution in [0, 0.1) is 11.8 Å². The number of nitrogens with one attached hydrogen (secondary N) is 1. The number of ether oxygens (including phenoxy) is 4. The predicted molar refractivity (Wildman–Crippen MR) is 170 cm³/mol. The Morgan fingerprint density at radius 1 is 1.02 bits per heavy atom. The average Bonchev–Trinajstić information content (AvgIpc) is 3.59. The van der Waals surface area contributed by atoms with Gasteiger partial charge in [0, 0.05) is 30.5 Å². The fourth-order valence-electron chi connectivity index (χ4n) is 7.61. The summed E-state index contributed by atoms with van der Waals surface area (Å²) < 4.78 is 23.6. The van der Waals surface area contributed by atoms with Crippen molar-refractivity contribution in [3.05, 3.63) is 83.4 Å². The van der Waals surface area contributed by atoms with Gasteiger partial charge in [0.2, 0.25) is 11.8 Å². The van der Waals surface area contributed by atoms with Crippen molar-refractivity contribution in [2.24, 2.45) is 11.8 Å². The maximum Gasteiger partial charge on any atom is 0.232 e. The highest BCUT2D eigenvalue weighted by Gasteiger charge is 2.76. The molecule has 2 heterocycles. The molecule has 10 nitrogen and oxygen atoms in total. The number of aliphatic hydroxyl groups excluding tert-OH is 1.